The Balaban J connectivity index is 2.20. The number of benzene rings is 1. The molecule has 2 atom stereocenters. The predicted octanol–water partition coefficient (Wildman–Crippen LogP) is 2.59. The van der Waals surface area contributed by atoms with Crippen molar-refractivity contribution in [3.63, 3.8) is 0 Å². The molecule has 1 aliphatic carbocycles. The highest BCUT2D eigenvalue weighted by Crippen LogP contribution is 2.29. The van der Waals surface area contributed by atoms with E-state index in [9.17, 15) is 8.42 Å². The van der Waals surface area contributed by atoms with E-state index >= 15 is 0 Å². The fraction of sp³-hybridized carbons (Fsp3) is 0.462. The van der Waals surface area contributed by atoms with Gasteiger partial charge in [-0.25, -0.2) is 8.42 Å². The van der Waals surface area contributed by atoms with Gasteiger partial charge in [-0.1, -0.05) is 11.6 Å². The lowest BCUT2D eigenvalue weighted by Gasteiger charge is -2.20. The van der Waals surface area contributed by atoms with E-state index in [2.05, 4.69) is 5.32 Å². The number of nitriles is 1. The lowest BCUT2D eigenvalue weighted by atomic mass is 10.2. The topological polar surface area (TPSA) is 70.0 Å². The number of sulfone groups is 1. The van der Waals surface area contributed by atoms with Crippen LogP contribution in [0.5, 0.6) is 0 Å². The van der Waals surface area contributed by atoms with Crippen LogP contribution in [0.4, 0.5) is 5.69 Å². The maximum atomic E-state index is 11.7. The summed E-state index contributed by atoms with van der Waals surface area (Å²) >= 11 is 5.87. The van der Waals surface area contributed by atoms with Gasteiger partial charge in [0.25, 0.3) is 0 Å². The molecule has 2 unspecified atom stereocenters. The van der Waals surface area contributed by atoms with Crippen LogP contribution in [0.2, 0.25) is 5.02 Å². The van der Waals surface area contributed by atoms with Crippen molar-refractivity contribution in [2.24, 2.45) is 0 Å². The zero-order valence-corrected chi connectivity index (χ0v) is 12.1. The van der Waals surface area contributed by atoms with E-state index < -0.39 is 9.84 Å². The van der Waals surface area contributed by atoms with Gasteiger partial charge in [-0.3, -0.25) is 0 Å². The molecule has 0 radical (unpaired) electrons. The van der Waals surface area contributed by atoms with Gasteiger partial charge in [-0.2, -0.15) is 5.26 Å². The highest BCUT2D eigenvalue weighted by molar-refractivity contribution is 7.91. The average molecular weight is 299 g/mol. The fourth-order valence-electron chi connectivity index (χ4n) is 2.52. The molecule has 4 nitrogen and oxygen atoms in total. The SMILES string of the molecule is CS(=O)(=O)C1CCCC1Nc1ccc(Cl)c(C#N)c1. The largest absolute Gasteiger partial charge is 0.381 e. The fourth-order valence-corrected chi connectivity index (χ4v) is 4.07. The van der Waals surface area contributed by atoms with Crippen LogP contribution in [0.1, 0.15) is 24.8 Å². The summed E-state index contributed by atoms with van der Waals surface area (Å²) in [5, 5.41) is 12.2. The van der Waals surface area contributed by atoms with Crippen molar-refractivity contribution in [3.05, 3.63) is 28.8 Å². The second kappa shape index (κ2) is 5.40. The second-order valence-corrected chi connectivity index (χ2v) is 7.53. The third-order valence-corrected chi connectivity index (χ3v) is 5.44. The molecule has 1 aromatic rings. The van der Waals surface area contributed by atoms with E-state index in [1.54, 1.807) is 18.2 Å². The molecule has 19 heavy (non-hydrogen) atoms. The van der Waals surface area contributed by atoms with Crippen LogP contribution in [0.15, 0.2) is 18.2 Å². The molecular formula is C13H15ClN2O2S. The van der Waals surface area contributed by atoms with Crippen LogP contribution in [-0.4, -0.2) is 26.0 Å². The third kappa shape index (κ3) is 3.20. The van der Waals surface area contributed by atoms with Crippen molar-refractivity contribution in [1.82, 2.24) is 0 Å². The van der Waals surface area contributed by atoms with E-state index in [0.717, 1.165) is 18.5 Å². The van der Waals surface area contributed by atoms with Crippen molar-refractivity contribution >= 4 is 27.1 Å². The van der Waals surface area contributed by atoms with E-state index in [4.69, 9.17) is 16.9 Å². The van der Waals surface area contributed by atoms with Crippen molar-refractivity contribution in [1.29, 1.82) is 5.26 Å². The minimum atomic E-state index is -3.05. The van der Waals surface area contributed by atoms with Gasteiger partial charge in [0.2, 0.25) is 0 Å². The van der Waals surface area contributed by atoms with E-state index in [1.165, 1.54) is 6.26 Å². The van der Waals surface area contributed by atoms with Crippen molar-refractivity contribution in [2.45, 2.75) is 30.6 Å². The number of nitrogens with zero attached hydrogens (tertiary/aromatic N) is 1. The summed E-state index contributed by atoms with van der Waals surface area (Å²) in [6.45, 7) is 0. The molecule has 102 valence electrons. The zero-order chi connectivity index (χ0) is 14.0. The average Bonchev–Trinajstić information content (AvgIpc) is 2.79. The highest BCUT2D eigenvalue weighted by atomic mass is 35.5. The Morgan fingerprint density at radius 3 is 2.79 bits per heavy atom. The molecule has 0 amide bonds. The van der Waals surface area contributed by atoms with E-state index in [0.29, 0.717) is 17.0 Å². The molecule has 1 saturated carbocycles. The molecular weight excluding hydrogens is 284 g/mol. The number of anilines is 1. The zero-order valence-electron chi connectivity index (χ0n) is 10.6. The van der Waals surface area contributed by atoms with Crippen molar-refractivity contribution in [3.8, 4) is 6.07 Å². The smallest absolute Gasteiger partial charge is 0.152 e. The van der Waals surface area contributed by atoms with Gasteiger partial charge in [0.05, 0.1) is 15.8 Å². The van der Waals surface area contributed by atoms with Gasteiger partial charge < -0.3 is 5.32 Å². The Labute approximate surface area is 118 Å². The number of hydrogen-bond acceptors (Lipinski definition) is 4. The molecule has 1 aliphatic rings. The van der Waals surface area contributed by atoms with Crippen molar-refractivity contribution in [2.75, 3.05) is 11.6 Å². The molecule has 1 fully saturated rings. The van der Waals surface area contributed by atoms with E-state index in [1.807, 2.05) is 6.07 Å². The number of rotatable bonds is 3. The molecule has 2 rings (SSSR count). The standard InChI is InChI=1S/C13H15ClN2O2S/c1-19(17,18)13-4-2-3-12(13)16-10-5-6-11(14)9(7-10)8-15/h5-7,12-13,16H,2-4H2,1H3. The van der Waals surface area contributed by atoms with Gasteiger partial charge in [-0.15, -0.1) is 0 Å². The number of halogens is 1. The van der Waals surface area contributed by atoms with Crippen LogP contribution >= 0.6 is 11.6 Å². The van der Waals surface area contributed by atoms with Gasteiger partial charge in [0.1, 0.15) is 6.07 Å². The number of hydrogen-bond donors (Lipinski definition) is 1. The molecule has 0 heterocycles. The Morgan fingerprint density at radius 2 is 2.16 bits per heavy atom. The van der Waals surface area contributed by atoms with Gasteiger partial charge >= 0.3 is 0 Å². The van der Waals surface area contributed by atoms with Crippen molar-refractivity contribution < 1.29 is 8.42 Å². The molecule has 0 bridgehead atoms. The molecule has 1 aromatic carbocycles. The molecule has 1 N–H and O–H groups in total. The maximum absolute atomic E-state index is 11.7. The highest BCUT2D eigenvalue weighted by Gasteiger charge is 2.34. The quantitative estimate of drug-likeness (QED) is 0.931. The van der Waals surface area contributed by atoms with E-state index in [-0.39, 0.29) is 11.3 Å². The molecule has 0 aromatic heterocycles. The van der Waals surface area contributed by atoms with Gasteiger partial charge in [-0.05, 0) is 37.5 Å². The molecule has 6 heteroatoms. The molecule has 0 spiro atoms. The first-order valence-electron chi connectivity index (χ1n) is 6.07. The minimum absolute atomic E-state index is 0.0947. The lowest BCUT2D eigenvalue weighted by Crippen LogP contribution is -2.34. The predicted molar refractivity (Wildman–Crippen MR) is 76.1 cm³/mol. The summed E-state index contributed by atoms with van der Waals surface area (Å²) in [4.78, 5) is 0. The summed E-state index contributed by atoms with van der Waals surface area (Å²) in [6.07, 6.45) is 3.69. The summed E-state index contributed by atoms with van der Waals surface area (Å²) in [7, 11) is -3.05. The van der Waals surface area contributed by atoms with Crippen LogP contribution < -0.4 is 5.32 Å². The first kappa shape index (κ1) is 14.2. The first-order valence-corrected chi connectivity index (χ1v) is 8.40. The maximum Gasteiger partial charge on any atom is 0.152 e. The Hall–Kier alpha value is -1.25. The normalized spacial score (nSPS) is 23.0. The van der Waals surface area contributed by atoms with Gasteiger partial charge in [0, 0.05) is 18.0 Å². The monoisotopic (exact) mass is 298 g/mol. The first-order chi connectivity index (χ1) is 8.91. The molecule has 0 aliphatic heterocycles. The van der Waals surface area contributed by atoms with Crippen LogP contribution in [0.3, 0.4) is 0 Å². The van der Waals surface area contributed by atoms with Crippen LogP contribution in [-0.2, 0) is 9.84 Å². The Bertz CT molecular complexity index is 622. The summed E-state index contributed by atoms with van der Waals surface area (Å²) in [6, 6.07) is 6.98. The summed E-state index contributed by atoms with van der Waals surface area (Å²) in [5.74, 6) is 0. The second-order valence-electron chi connectivity index (χ2n) is 4.86. The summed E-state index contributed by atoms with van der Waals surface area (Å²) < 4.78 is 23.4. The number of nitrogens with one attached hydrogen (secondary N) is 1. The van der Waals surface area contributed by atoms with Crippen LogP contribution in [0.25, 0.3) is 0 Å². The van der Waals surface area contributed by atoms with Gasteiger partial charge in [0.15, 0.2) is 9.84 Å². The Morgan fingerprint density at radius 1 is 1.42 bits per heavy atom. The minimum Gasteiger partial charge on any atom is -0.381 e. The summed E-state index contributed by atoms with van der Waals surface area (Å²) in [5.41, 5.74) is 1.13. The molecule has 0 saturated heterocycles. The third-order valence-electron chi connectivity index (χ3n) is 3.44. The Kier molecular flexibility index (Phi) is 4.02. The van der Waals surface area contributed by atoms with Crippen LogP contribution in [0, 0.1) is 11.3 Å². The lowest BCUT2D eigenvalue weighted by molar-refractivity contribution is 0.579.